The standard InChI is InChI=1S/C15H24N2O3.ClH/c1-10(2)15(3,9-16)17-14(18)11-6-12(19-4)8-13(7-11)20-5;/h6-8,10H,9,16H2,1-5H3,(H,17,18);1H. The second-order valence-electron chi connectivity index (χ2n) is 5.33. The first kappa shape index (κ1) is 19.5. The van der Waals surface area contributed by atoms with E-state index in [4.69, 9.17) is 15.2 Å². The third-order valence-electron chi connectivity index (χ3n) is 3.71. The number of nitrogens with two attached hydrogens (primary N) is 1. The highest BCUT2D eigenvalue weighted by Gasteiger charge is 2.29. The summed E-state index contributed by atoms with van der Waals surface area (Å²) in [6.45, 7) is 6.36. The Hall–Kier alpha value is -1.46. The molecule has 0 bridgehead atoms. The summed E-state index contributed by atoms with van der Waals surface area (Å²) >= 11 is 0. The number of amides is 1. The van der Waals surface area contributed by atoms with E-state index in [1.807, 2.05) is 20.8 Å². The van der Waals surface area contributed by atoms with Gasteiger partial charge in [0.15, 0.2) is 0 Å². The maximum atomic E-state index is 12.4. The van der Waals surface area contributed by atoms with Gasteiger partial charge in [0.2, 0.25) is 0 Å². The van der Waals surface area contributed by atoms with Gasteiger partial charge in [-0.1, -0.05) is 13.8 Å². The highest BCUT2D eigenvalue weighted by molar-refractivity contribution is 5.95. The van der Waals surface area contributed by atoms with Gasteiger partial charge in [0, 0.05) is 18.2 Å². The van der Waals surface area contributed by atoms with Gasteiger partial charge in [-0.3, -0.25) is 4.79 Å². The normalized spacial score (nSPS) is 13.1. The Morgan fingerprint density at radius 3 is 2.05 bits per heavy atom. The first-order valence-electron chi connectivity index (χ1n) is 6.62. The number of hydrogen-bond donors (Lipinski definition) is 2. The van der Waals surface area contributed by atoms with Gasteiger partial charge in [-0.25, -0.2) is 0 Å². The zero-order chi connectivity index (χ0) is 15.3. The van der Waals surface area contributed by atoms with Gasteiger partial charge in [0.05, 0.1) is 19.8 Å². The minimum absolute atomic E-state index is 0. The summed E-state index contributed by atoms with van der Waals surface area (Å²) in [4.78, 5) is 12.4. The lowest BCUT2D eigenvalue weighted by Crippen LogP contribution is -2.55. The second kappa shape index (κ2) is 8.10. The number of methoxy groups -OCH3 is 2. The fourth-order valence-electron chi connectivity index (χ4n) is 1.70. The molecule has 0 saturated carbocycles. The van der Waals surface area contributed by atoms with Crippen LogP contribution in [0.15, 0.2) is 18.2 Å². The van der Waals surface area contributed by atoms with Gasteiger partial charge in [-0.15, -0.1) is 12.4 Å². The number of nitrogens with one attached hydrogen (secondary N) is 1. The minimum atomic E-state index is -0.451. The number of carbonyl (C=O) groups excluding carboxylic acids is 1. The molecule has 0 aliphatic rings. The van der Waals surface area contributed by atoms with Crippen molar-refractivity contribution in [3.63, 3.8) is 0 Å². The number of rotatable bonds is 6. The molecule has 0 radical (unpaired) electrons. The monoisotopic (exact) mass is 316 g/mol. The van der Waals surface area contributed by atoms with Gasteiger partial charge >= 0.3 is 0 Å². The van der Waals surface area contributed by atoms with Crippen LogP contribution >= 0.6 is 12.4 Å². The quantitative estimate of drug-likeness (QED) is 0.844. The molecule has 1 atom stereocenters. The van der Waals surface area contributed by atoms with Gasteiger partial charge < -0.3 is 20.5 Å². The van der Waals surface area contributed by atoms with E-state index in [0.717, 1.165) is 0 Å². The zero-order valence-corrected chi connectivity index (χ0v) is 14.0. The molecular weight excluding hydrogens is 292 g/mol. The molecule has 0 saturated heterocycles. The van der Waals surface area contributed by atoms with Crippen molar-refractivity contribution in [2.24, 2.45) is 11.7 Å². The zero-order valence-electron chi connectivity index (χ0n) is 13.2. The minimum Gasteiger partial charge on any atom is -0.497 e. The lowest BCUT2D eigenvalue weighted by Gasteiger charge is -2.33. The Kier molecular flexibility index (Phi) is 7.53. The molecule has 0 heterocycles. The molecule has 1 amide bonds. The smallest absolute Gasteiger partial charge is 0.252 e. The molecule has 0 aliphatic heterocycles. The molecule has 0 spiro atoms. The number of benzene rings is 1. The highest BCUT2D eigenvalue weighted by Crippen LogP contribution is 2.23. The average molecular weight is 317 g/mol. The van der Waals surface area contributed by atoms with Crippen LogP contribution in [0.4, 0.5) is 0 Å². The molecule has 1 rings (SSSR count). The van der Waals surface area contributed by atoms with Gasteiger partial charge in [0.25, 0.3) is 5.91 Å². The Labute approximate surface area is 132 Å². The number of ether oxygens (including phenoxy) is 2. The van der Waals surface area contributed by atoms with Gasteiger partial charge in [0.1, 0.15) is 11.5 Å². The molecule has 0 aromatic heterocycles. The van der Waals surface area contributed by atoms with Crippen LogP contribution in [0, 0.1) is 5.92 Å². The predicted molar refractivity (Wildman–Crippen MR) is 86.6 cm³/mol. The summed E-state index contributed by atoms with van der Waals surface area (Å²) < 4.78 is 10.3. The summed E-state index contributed by atoms with van der Waals surface area (Å²) in [6.07, 6.45) is 0. The number of carbonyl (C=O) groups is 1. The summed E-state index contributed by atoms with van der Waals surface area (Å²) in [7, 11) is 3.10. The van der Waals surface area contributed by atoms with Crippen LogP contribution in [0.2, 0.25) is 0 Å². The van der Waals surface area contributed by atoms with E-state index in [9.17, 15) is 4.79 Å². The molecule has 1 unspecified atom stereocenters. The van der Waals surface area contributed by atoms with Crippen LogP contribution in [0.1, 0.15) is 31.1 Å². The maximum Gasteiger partial charge on any atom is 0.252 e. The highest BCUT2D eigenvalue weighted by atomic mass is 35.5. The largest absolute Gasteiger partial charge is 0.497 e. The molecular formula is C15H25ClN2O3. The Morgan fingerprint density at radius 2 is 1.71 bits per heavy atom. The van der Waals surface area contributed by atoms with E-state index in [1.54, 1.807) is 32.4 Å². The second-order valence-corrected chi connectivity index (χ2v) is 5.33. The van der Waals surface area contributed by atoms with Crippen LogP contribution in [-0.4, -0.2) is 32.2 Å². The molecule has 21 heavy (non-hydrogen) atoms. The van der Waals surface area contributed by atoms with E-state index < -0.39 is 5.54 Å². The van der Waals surface area contributed by atoms with Crippen molar-refractivity contribution >= 4 is 18.3 Å². The van der Waals surface area contributed by atoms with Crippen LogP contribution in [0.25, 0.3) is 0 Å². The molecule has 120 valence electrons. The van der Waals surface area contributed by atoms with Crippen molar-refractivity contribution in [2.45, 2.75) is 26.3 Å². The summed E-state index contributed by atoms with van der Waals surface area (Å²) in [5.74, 6) is 1.19. The molecule has 5 nitrogen and oxygen atoms in total. The molecule has 1 aromatic rings. The van der Waals surface area contributed by atoms with Crippen molar-refractivity contribution in [1.82, 2.24) is 5.32 Å². The van der Waals surface area contributed by atoms with Crippen molar-refractivity contribution in [1.29, 1.82) is 0 Å². The maximum absolute atomic E-state index is 12.4. The predicted octanol–water partition coefficient (Wildman–Crippen LogP) is 2.23. The van der Waals surface area contributed by atoms with E-state index in [2.05, 4.69) is 5.32 Å². The van der Waals surface area contributed by atoms with E-state index in [-0.39, 0.29) is 24.2 Å². The fourth-order valence-corrected chi connectivity index (χ4v) is 1.70. The van der Waals surface area contributed by atoms with Crippen LogP contribution < -0.4 is 20.5 Å². The van der Waals surface area contributed by atoms with Crippen LogP contribution in [-0.2, 0) is 0 Å². The van der Waals surface area contributed by atoms with Crippen LogP contribution in [0.3, 0.4) is 0 Å². The third kappa shape index (κ3) is 4.79. The summed E-state index contributed by atoms with van der Waals surface area (Å²) in [6, 6.07) is 5.07. The van der Waals surface area contributed by atoms with Crippen molar-refractivity contribution < 1.29 is 14.3 Å². The summed E-state index contributed by atoms with van der Waals surface area (Å²) in [5.41, 5.74) is 5.82. The van der Waals surface area contributed by atoms with Gasteiger partial charge in [-0.05, 0) is 25.0 Å². The van der Waals surface area contributed by atoms with Crippen molar-refractivity contribution in [3.05, 3.63) is 23.8 Å². The third-order valence-corrected chi connectivity index (χ3v) is 3.71. The van der Waals surface area contributed by atoms with Crippen LogP contribution in [0.5, 0.6) is 11.5 Å². The van der Waals surface area contributed by atoms with E-state index in [1.165, 1.54) is 0 Å². The number of hydrogen-bond acceptors (Lipinski definition) is 4. The van der Waals surface area contributed by atoms with Crippen molar-refractivity contribution in [2.75, 3.05) is 20.8 Å². The SMILES string of the molecule is COc1cc(OC)cc(C(=O)NC(C)(CN)C(C)C)c1.Cl. The molecule has 1 aromatic carbocycles. The molecule has 3 N–H and O–H groups in total. The topological polar surface area (TPSA) is 73.6 Å². The number of halogens is 1. The average Bonchev–Trinajstić information content (AvgIpc) is 2.45. The first-order chi connectivity index (χ1) is 9.36. The molecule has 0 aliphatic carbocycles. The first-order valence-corrected chi connectivity index (χ1v) is 6.62. The Balaban J connectivity index is 0.00000400. The molecule has 6 heteroatoms. The van der Waals surface area contributed by atoms with E-state index >= 15 is 0 Å². The molecule has 0 fully saturated rings. The lowest BCUT2D eigenvalue weighted by molar-refractivity contribution is 0.0882. The lowest BCUT2D eigenvalue weighted by atomic mass is 9.88. The Bertz CT molecular complexity index is 458. The van der Waals surface area contributed by atoms with Gasteiger partial charge in [-0.2, -0.15) is 0 Å². The Morgan fingerprint density at radius 1 is 1.24 bits per heavy atom. The fraction of sp³-hybridized carbons (Fsp3) is 0.533. The summed E-state index contributed by atoms with van der Waals surface area (Å²) in [5, 5.41) is 2.99. The van der Waals surface area contributed by atoms with E-state index in [0.29, 0.717) is 23.6 Å². The van der Waals surface area contributed by atoms with Crippen molar-refractivity contribution in [3.8, 4) is 11.5 Å².